The molecule has 26 heavy (non-hydrogen) atoms. The SMILES string of the molecule is CCCNC(=O)c1ncc2c(B3OC(C)(C)C(C)(C)O3)cccc2c1N. The third-order valence-electron chi connectivity index (χ3n) is 5.27. The second-order valence-corrected chi connectivity index (χ2v) is 7.67. The molecule has 1 fully saturated rings. The van der Waals surface area contributed by atoms with E-state index in [1.165, 1.54) is 0 Å². The number of hydrogen-bond donors (Lipinski definition) is 2. The van der Waals surface area contributed by atoms with Gasteiger partial charge in [-0.15, -0.1) is 0 Å². The molecule has 0 spiro atoms. The number of benzene rings is 1. The number of hydrogen-bond acceptors (Lipinski definition) is 5. The molecule has 0 unspecified atom stereocenters. The van der Waals surface area contributed by atoms with Crippen molar-refractivity contribution in [2.75, 3.05) is 12.3 Å². The minimum atomic E-state index is -0.510. The number of amides is 1. The van der Waals surface area contributed by atoms with E-state index in [1.807, 2.05) is 52.8 Å². The first-order valence-electron chi connectivity index (χ1n) is 8.99. The summed E-state index contributed by atoms with van der Waals surface area (Å²) < 4.78 is 12.3. The molecular formula is C19H26BN3O3. The monoisotopic (exact) mass is 355 g/mol. The van der Waals surface area contributed by atoms with Gasteiger partial charge in [-0.2, -0.15) is 0 Å². The van der Waals surface area contributed by atoms with Gasteiger partial charge in [0.2, 0.25) is 0 Å². The Bertz CT molecular complexity index is 835. The van der Waals surface area contributed by atoms with E-state index in [1.54, 1.807) is 6.20 Å². The smallest absolute Gasteiger partial charge is 0.399 e. The summed E-state index contributed by atoms with van der Waals surface area (Å²) >= 11 is 0. The predicted molar refractivity (Wildman–Crippen MR) is 104 cm³/mol. The molecule has 2 heterocycles. The molecule has 1 saturated heterocycles. The normalized spacial score (nSPS) is 18.3. The van der Waals surface area contributed by atoms with Gasteiger partial charge in [-0.1, -0.05) is 25.1 Å². The van der Waals surface area contributed by atoms with E-state index < -0.39 is 18.3 Å². The number of nitrogens with zero attached hydrogens (tertiary/aromatic N) is 1. The summed E-state index contributed by atoms with van der Waals surface area (Å²) in [7, 11) is -0.510. The van der Waals surface area contributed by atoms with Crippen LogP contribution in [0.1, 0.15) is 51.5 Å². The number of nitrogens with two attached hydrogens (primary N) is 1. The van der Waals surface area contributed by atoms with Crippen LogP contribution in [0.2, 0.25) is 0 Å². The maximum absolute atomic E-state index is 12.3. The third kappa shape index (κ3) is 3.06. The lowest BCUT2D eigenvalue weighted by molar-refractivity contribution is 0.00578. The quantitative estimate of drug-likeness (QED) is 0.822. The first-order valence-corrected chi connectivity index (χ1v) is 8.99. The van der Waals surface area contributed by atoms with Crippen molar-refractivity contribution in [2.24, 2.45) is 0 Å². The third-order valence-corrected chi connectivity index (χ3v) is 5.27. The number of rotatable bonds is 4. The van der Waals surface area contributed by atoms with Crippen molar-refractivity contribution in [1.29, 1.82) is 0 Å². The van der Waals surface area contributed by atoms with Gasteiger partial charge in [0, 0.05) is 23.5 Å². The zero-order chi connectivity index (χ0) is 19.1. The van der Waals surface area contributed by atoms with Gasteiger partial charge in [0.05, 0.1) is 16.9 Å². The molecule has 3 N–H and O–H groups in total. The maximum Gasteiger partial charge on any atom is 0.495 e. The minimum Gasteiger partial charge on any atom is -0.399 e. The molecule has 2 aromatic rings. The number of aromatic nitrogens is 1. The van der Waals surface area contributed by atoms with Gasteiger partial charge in [0.1, 0.15) is 0 Å². The Kier molecular flexibility index (Phi) is 4.71. The average Bonchev–Trinajstić information content (AvgIpc) is 2.80. The average molecular weight is 355 g/mol. The van der Waals surface area contributed by atoms with Gasteiger partial charge in [0.25, 0.3) is 5.91 Å². The number of nitrogen functional groups attached to an aromatic ring is 1. The molecule has 138 valence electrons. The first kappa shape index (κ1) is 18.7. The Morgan fingerprint density at radius 2 is 1.85 bits per heavy atom. The number of carbonyl (C=O) groups is 1. The summed E-state index contributed by atoms with van der Waals surface area (Å²) in [5, 5.41) is 4.42. The molecular weight excluding hydrogens is 329 g/mol. The second-order valence-electron chi connectivity index (χ2n) is 7.67. The molecule has 6 nitrogen and oxygen atoms in total. The van der Waals surface area contributed by atoms with Crippen molar-refractivity contribution < 1.29 is 14.1 Å². The molecule has 0 atom stereocenters. The van der Waals surface area contributed by atoms with Gasteiger partial charge in [-0.3, -0.25) is 4.79 Å². The molecule has 0 radical (unpaired) electrons. The molecule has 0 aliphatic carbocycles. The van der Waals surface area contributed by atoms with Crippen LogP contribution in [0.4, 0.5) is 5.69 Å². The largest absolute Gasteiger partial charge is 0.495 e. The van der Waals surface area contributed by atoms with E-state index in [9.17, 15) is 4.79 Å². The standard InChI is InChI=1S/C19H26BN3O3/c1-6-10-22-17(24)16-15(21)12-8-7-9-14(13(12)11-23-16)20-25-18(2,3)19(4,5)26-20/h7-9,11H,6,10,21H2,1-5H3,(H,22,24). The lowest BCUT2D eigenvalue weighted by Gasteiger charge is -2.32. The number of pyridine rings is 1. The molecule has 1 aliphatic rings. The molecule has 1 amide bonds. The van der Waals surface area contributed by atoms with Crippen molar-refractivity contribution in [1.82, 2.24) is 10.3 Å². The second kappa shape index (κ2) is 6.56. The van der Waals surface area contributed by atoms with Gasteiger partial charge in [-0.25, -0.2) is 4.98 Å². The van der Waals surface area contributed by atoms with E-state index in [2.05, 4.69) is 10.3 Å². The van der Waals surface area contributed by atoms with Gasteiger partial charge in [-0.05, 0) is 39.6 Å². The molecule has 0 bridgehead atoms. The lowest BCUT2D eigenvalue weighted by atomic mass is 9.76. The topological polar surface area (TPSA) is 86.5 Å². The van der Waals surface area contributed by atoms with Crippen LogP contribution in [-0.4, -0.2) is 35.8 Å². The zero-order valence-electron chi connectivity index (χ0n) is 16.1. The summed E-state index contributed by atoms with van der Waals surface area (Å²) in [6, 6.07) is 5.73. The van der Waals surface area contributed by atoms with Crippen LogP contribution in [-0.2, 0) is 9.31 Å². The number of nitrogens with one attached hydrogen (secondary N) is 1. The molecule has 3 rings (SSSR count). The summed E-state index contributed by atoms with van der Waals surface area (Å²) in [6.45, 7) is 10.6. The van der Waals surface area contributed by atoms with Crippen molar-refractivity contribution in [3.63, 3.8) is 0 Å². The lowest BCUT2D eigenvalue weighted by Crippen LogP contribution is -2.41. The summed E-state index contributed by atoms with van der Waals surface area (Å²) in [5.41, 5.74) is 6.88. The van der Waals surface area contributed by atoms with Crippen LogP contribution in [0.3, 0.4) is 0 Å². The van der Waals surface area contributed by atoms with E-state index in [4.69, 9.17) is 15.0 Å². The van der Waals surface area contributed by atoms with Crippen LogP contribution in [0.15, 0.2) is 24.4 Å². The van der Waals surface area contributed by atoms with Gasteiger partial charge in [0.15, 0.2) is 5.69 Å². The Hall–Kier alpha value is -2.12. The van der Waals surface area contributed by atoms with E-state index >= 15 is 0 Å². The first-order chi connectivity index (χ1) is 12.2. The van der Waals surface area contributed by atoms with Crippen LogP contribution < -0.4 is 16.5 Å². The van der Waals surface area contributed by atoms with Crippen molar-refractivity contribution in [2.45, 2.75) is 52.2 Å². The Labute approximate surface area is 154 Å². The highest BCUT2D eigenvalue weighted by Crippen LogP contribution is 2.37. The van der Waals surface area contributed by atoms with E-state index in [0.29, 0.717) is 12.2 Å². The molecule has 1 aromatic heterocycles. The van der Waals surface area contributed by atoms with Crippen molar-refractivity contribution in [3.8, 4) is 0 Å². The van der Waals surface area contributed by atoms with E-state index in [0.717, 1.165) is 22.7 Å². The van der Waals surface area contributed by atoms with E-state index in [-0.39, 0.29) is 11.6 Å². The molecule has 0 saturated carbocycles. The van der Waals surface area contributed by atoms with Crippen molar-refractivity contribution >= 4 is 34.9 Å². The van der Waals surface area contributed by atoms with Gasteiger partial charge < -0.3 is 20.4 Å². The number of anilines is 1. The fraction of sp³-hybridized carbons (Fsp3) is 0.474. The summed E-state index contributed by atoms with van der Waals surface area (Å²) in [4.78, 5) is 16.6. The maximum atomic E-state index is 12.3. The Balaban J connectivity index is 2.02. The highest BCUT2D eigenvalue weighted by atomic mass is 16.7. The predicted octanol–water partition coefficient (Wildman–Crippen LogP) is 2.26. The fourth-order valence-electron chi connectivity index (χ4n) is 2.97. The van der Waals surface area contributed by atoms with Crippen LogP contribution in [0, 0.1) is 0 Å². The number of fused-ring (bicyclic) bond motifs is 1. The Morgan fingerprint density at radius 3 is 2.46 bits per heavy atom. The summed E-state index contributed by atoms with van der Waals surface area (Å²) in [5.74, 6) is -0.257. The van der Waals surface area contributed by atoms with Crippen molar-refractivity contribution in [3.05, 3.63) is 30.1 Å². The van der Waals surface area contributed by atoms with Crippen LogP contribution in [0.25, 0.3) is 10.8 Å². The zero-order valence-corrected chi connectivity index (χ0v) is 16.1. The summed E-state index contributed by atoms with van der Waals surface area (Å²) in [6.07, 6.45) is 2.53. The minimum absolute atomic E-state index is 0.247. The fourth-order valence-corrected chi connectivity index (χ4v) is 2.97. The number of carbonyl (C=O) groups excluding carboxylic acids is 1. The molecule has 1 aliphatic heterocycles. The highest BCUT2D eigenvalue weighted by molar-refractivity contribution is 6.65. The Morgan fingerprint density at radius 1 is 1.19 bits per heavy atom. The van der Waals surface area contributed by atoms with Crippen LogP contribution >= 0.6 is 0 Å². The van der Waals surface area contributed by atoms with Crippen LogP contribution in [0.5, 0.6) is 0 Å². The molecule has 1 aromatic carbocycles. The van der Waals surface area contributed by atoms with Gasteiger partial charge >= 0.3 is 7.12 Å². The molecule has 7 heteroatoms. The highest BCUT2D eigenvalue weighted by Gasteiger charge is 2.52.